The van der Waals surface area contributed by atoms with E-state index in [9.17, 15) is 4.79 Å². The molecule has 5 nitrogen and oxygen atoms in total. The molecule has 0 amide bonds. The van der Waals surface area contributed by atoms with Gasteiger partial charge in [-0.3, -0.25) is 0 Å². The Bertz CT molecular complexity index is 185. The summed E-state index contributed by atoms with van der Waals surface area (Å²) in [5.74, 6) is -1.11. The number of aliphatic carboxylic acids is 1. The first kappa shape index (κ1) is 11.9. The molecule has 0 fully saturated rings. The topological polar surface area (TPSA) is 81.8 Å². The van der Waals surface area contributed by atoms with Gasteiger partial charge in [-0.1, -0.05) is 0 Å². The van der Waals surface area contributed by atoms with E-state index in [1.54, 1.807) is 13.8 Å². The molecule has 3 N–H and O–H groups in total. The van der Waals surface area contributed by atoms with Crippen LogP contribution in [0.1, 0.15) is 13.8 Å². The molecular formula is C8H15NO4. The summed E-state index contributed by atoms with van der Waals surface area (Å²) < 4.78 is 10.1. The quantitative estimate of drug-likeness (QED) is 0.464. The van der Waals surface area contributed by atoms with Crippen LogP contribution in [0.4, 0.5) is 0 Å². The first-order valence-electron chi connectivity index (χ1n) is 4.05. The lowest BCUT2D eigenvalue weighted by Gasteiger charge is -2.16. The summed E-state index contributed by atoms with van der Waals surface area (Å²) in [5.41, 5.74) is 5.49. The molecule has 0 aliphatic carbocycles. The fourth-order valence-electron chi connectivity index (χ4n) is 0.754. The molecule has 0 unspecified atom stereocenters. The number of hydrogen-bond acceptors (Lipinski definition) is 4. The lowest BCUT2D eigenvalue weighted by molar-refractivity contribution is -0.132. The van der Waals surface area contributed by atoms with Gasteiger partial charge in [0.05, 0.1) is 5.70 Å². The molecule has 0 saturated carbocycles. The van der Waals surface area contributed by atoms with Gasteiger partial charge in [0.15, 0.2) is 6.29 Å². The van der Waals surface area contributed by atoms with Crippen LogP contribution >= 0.6 is 0 Å². The van der Waals surface area contributed by atoms with Crippen molar-refractivity contribution in [1.29, 1.82) is 0 Å². The largest absolute Gasteiger partial charge is 0.478 e. The summed E-state index contributed by atoms with van der Waals surface area (Å²) in [7, 11) is 0. The summed E-state index contributed by atoms with van der Waals surface area (Å²) in [6, 6.07) is 0. The predicted molar refractivity (Wildman–Crippen MR) is 46.9 cm³/mol. The van der Waals surface area contributed by atoms with Gasteiger partial charge in [0.25, 0.3) is 0 Å². The van der Waals surface area contributed by atoms with E-state index < -0.39 is 12.3 Å². The van der Waals surface area contributed by atoms with Crippen LogP contribution in [0.2, 0.25) is 0 Å². The highest BCUT2D eigenvalue weighted by Crippen LogP contribution is 2.02. The van der Waals surface area contributed by atoms with E-state index in [2.05, 4.69) is 0 Å². The van der Waals surface area contributed by atoms with E-state index in [0.29, 0.717) is 13.2 Å². The zero-order valence-corrected chi connectivity index (χ0v) is 7.82. The zero-order valence-electron chi connectivity index (χ0n) is 7.82. The monoisotopic (exact) mass is 189 g/mol. The van der Waals surface area contributed by atoms with Gasteiger partial charge in [-0.05, 0) is 13.8 Å². The van der Waals surface area contributed by atoms with Crippen molar-refractivity contribution < 1.29 is 19.4 Å². The third-order valence-electron chi connectivity index (χ3n) is 1.20. The highest BCUT2D eigenvalue weighted by Gasteiger charge is 2.11. The summed E-state index contributed by atoms with van der Waals surface area (Å²) in [4.78, 5) is 10.3. The molecule has 76 valence electrons. The van der Waals surface area contributed by atoms with Crippen LogP contribution in [0, 0.1) is 0 Å². The molecule has 0 atom stereocenters. The van der Waals surface area contributed by atoms with E-state index >= 15 is 0 Å². The summed E-state index contributed by atoms with van der Waals surface area (Å²) in [6.07, 6.45) is 0.113. The fourth-order valence-corrected chi connectivity index (χ4v) is 0.754. The first-order chi connectivity index (χ1) is 6.11. The minimum atomic E-state index is -1.11. The fraction of sp³-hybridized carbons (Fsp3) is 0.625. The van der Waals surface area contributed by atoms with Crippen molar-refractivity contribution in [3.8, 4) is 0 Å². The third-order valence-corrected chi connectivity index (χ3v) is 1.20. The number of ether oxygens (including phenoxy) is 2. The molecule has 0 saturated heterocycles. The van der Waals surface area contributed by atoms with E-state index in [0.717, 1.165) is 6.08 Å². The van der Waals surface area contributed by atoms with Crippen LogP contribution < -0.4 is 5.73 Å². The Morgan fingerprint density at radius 3 is 2.23 bits per heavy atom. The second kappa shape index (κ2) is 6.45. The van der Waals surface area contributed by atoms with Crippen LogP contribution in [0.25, 0.3) is 0 Å². The number of hydrogen-bond donors (Lipinski definition) is 2. The smallest absolute Gasteiger partial charge is 0.330 e. The molecule has 0 bridgehead atoms. The predicted octanol–water partition coefficient (Wildman–Crippen LogP) is 0.313. The Kier molecular flexibility index (Phi) is 5.92. The number of rotatable bonds is 6. The summed E-state index contributed by atoms with van der Waals surface area (Å²) in [6.45, 7) is 4.39. The molecular weight excluding hydrogens is 174 g/mol. The van der Waals surface area contributed by atoms with Gasteiger partial charge in [0.1, 0.15) is 0 Å². The third kappa shape index (κ3) is 5.21. The highest BCUT2D eigenvalue weighted by molar-refractivity contribution is 5.80. The van der Waals surface area contributed by atoms with Crippen molar-refractivity contribution >= 4 is 5.97 Å². The molecule has 0 spiro atoms. The molecule has 0 aliphatic rings. The van der Waals surface area contributed by atoms with Gasteiger partial charge in [-0.2, -0.15) is 0 Å². The second-order valence-electron chi connectivity index (χ2n) is 2.23. The van der Waals surface area contributed by atoms with Gasteiger partial charge in [0.2, 0.25) is 0 Å². The van der Waals surface area contributed by atoms with Crippen molar-refractivity contribution in [2.24, 2.45) is 5.73 Å². The van der Waals surface area contributed by atoms with E-state index in [4.69, 9.17) is 20.3 Å². The maximum absolute atomic E-state index is 10.3. The first-order valence-corrected chi connectivity index (χ1v) is 4.05. The van der Waals surface area contributed by atoms with Crippen LogP contribution in [-0.4, -0.2) is 30.6 Å². The number of carboxylic acids is 1. The van der Waals surface area contributed by atoms with Crippen molar-refractivity contribution in [3.63, 3.8) is 0 Å². The number of carboxylic acid groups (broad SMARTS) is 1. The molecule has 0 radical (unpaired) electrons. The minimum absolute atomic E-state index is 0.0659. The molecule has 0 aromatic rings. The zero-order chi connectivity index (χ0) is 10.3. The van der Waals surface area contributed by atoms with Gasteiger partial charge in [0, 0.05) is 19.3 Å². The Hall–Kier alpha value is -1.07. The molecule has 0 aliphatic heterocycles. The molecule has 0 aromatic heterocycles. The van der Waals surface area contributed by atoms with Crippen molar-refractivity contribution in [1.82, 2.24) is 0 Å². The Morgan fingerprint density at radius 1 is 1.46 bits per heavy atom. The lowest BCUT2D eigenvalue weighted by Crippen LogP contribution is -2.25. The van der Waals surface area contributed by atoms with Gasteiger partial charge < -0.3 is 20.3 Å². The molecule has 0 rings (SSSR count). The Labute approximate surface area is 77.1 Å². The van der Waals surface area contributed by atoms with E-state index in [-0.39, 0.29) is 5.70 Å². The van der Waals surface area contributed by atoms with Crippen LogP contribution in [0.3, 0.4) is 0 Å². The van der Waals surface area contributed by atoms with Crippen LogP contribution in [0.5, 0.6) is 0 Å². The average molecular weight is 189 g/mol. The lowest BCUT2D eigenvalue weighted by atomic mass is 10.4. The van der Waals surface area contributed by atoms with Crippen LogP contribution in [-0.2, 0) is 14.3 Å². The maximum atomic E-state index is 10.3. The van der Waals surface area contributed by atoms with Crippen LogP contribution in [0.15, 0.2) is 11.8 Å². The van der Waals surface area contributed by atoms with Gasteiger partial charge in [-0.25, -0.2) is 4.79 Å². The molecule has 5 heteroatoms. The summed E-state index contributed by atoms with van der Waals surface area (Å²) in [5, 5.41) is 8.40. The van der Waals surface area contributed by atoms with Gasteiger partial charge in [-0.15, -0.1) is 0 Å². The highest BCUT2D eigenvalue weighted by atomic mass is 16.7. The van der Waals surface area contributed by atoms with Gasteiger partial charge >= 0.3 is 5.97 Å². The van der Waals surface area contributed by atoms with Crippen molar-refractivity contribution in [2.45, 2.75) is 20.1 Å². The maximum Gasteiger partial charge on any atom is 0.330 e. The SMILES string of the molecule is CCOC(OCC)/C(N)=C/C(=O)O. The second-order valence-corrected chi connectivity index (χ2v) is 2.23. The molecule has 13 heavy (non-hydrogen) atoms. The average Bonchev–Trinajstić information content (AvgIpc) is 2.02. The number of nitrogens with two attached hydrogens (primary N) is 1. The van der Waals surface area contributed by atoms with Crippen molar-refractivity contribution in [3.05, 3.63) is 11.8 Å². The minimum Gasteiger partial charge on any atom is -0.478 e. The molecule has 0 aromatic carbocycles. The van der Waals surface area contributed by atoms with E-state index in [1.807, 2.05) is 0 Å². The van der Waals surface area contributed by atoms with E-state index in [1.165, 1.54) is 0 Å². The Morgan fingerprint density at radius 2 is 1.92 bits per heavy atom. The number of carbonyl (C=O) groups is 1. The standard InChI is InChI=1S/C8H15NO4/c1-3-12-8(13-4-2)6(9)5-7(10)11/h5,8H,3-4,9H2,1-2H3,(H,10,11)/b6-5-. The van der Waals surface area contributed by atoms with Crippen molar-refractivity contribution in [2.75, 3.05) is 13.2 Å². The molecule has 0 heterocycles. The normalized spacial score (nSPS) is 12.1. The summed E-state index contributed by atoms with van der Waals surface area (Å²) >= 11 is 0. The Balaban J connectivity index is 4.25.